The van der Waals surface area contributed by atoms with Gasteiger partial charge in [-0.15, -0.1) is 5.10 Å². The van der Waals surface area contributed by atoms with E-state index in [4.69, 9.17) is 0 Å². The molecule has 16 heavy (non-hydrogen) atoms. The number of halogens is 1. The van der Waals surface area contributed by atoms with Crippen molar-refractivity contribution in [2.24, 2.45) is 0 Å². The van der Waals surface area contributed by atoms with Crippen LogP contribution in [0, 0.1) is 6.92 Å². The van der Waals surface area contributed by atoms with Crippen molar-refractivity contribution in [1.82, 2.24) is 20.2 Å². The zero-order valence-corrected chi connectivity index (χ0v) is 10.8. The summed E-state index contributed by atoms with van der Waals surface area (Å²) in [4.78, 5) is 0. The van der Waals surface area contributed by atoms with Crippen LogP contribution in [-0.4, -0.2) is 20.2 Å². The lowest BCUT2D eigenvalue weighted by Crippen LogP contribution is -2.13. The van der Waals surface area contributed by atoms with E-state index in [9.17, 15) is 0 Å². The van der Waals surface area contributed by atoms with Crippen LogP contribution in [0.5, 0.6) is 0 Å². The fourth-order valence-corrected chi connectivity index (χ4v) is 2.21. The van der Waals surface area contributed by atoms with Gasteiger partial charge < -0.3 is 0 Å². The average molecular weight is 281 g/mol. The van der Waals surface area contributed by atoms with Crippen LogP contribution < -0.4 is 0 Å². The minimum absolute atomic E-state index is 0.201. The van der Waals surface area contributed by atoms with E-state index in [0.717, 1.165) is 16.7 Å². The molecule has 2 rings (SSSR count). The second kappa shape index (κ2) is 4.74. The first-order valence-corrected chi connectivity index (χ1v) is 6.01. The van der Waals surface area contributed by atoms with E-state index in [1.807, 2.05) is 23.7 Å². The molecule has 1 aromatic carbocycles. The zero-order valence-electron chi connectivity index (χ0n) is 9.26. The molecule has 1 atom stereocenters. The molecule has 0 spiro atoms. The van der Waals surface area contributed by atoms with E-state index in [-0.39, 0.29) is 6.04 Å². The Bertz CT molecular complexity index is 480. The molecule has 0 aliphatic heterocycles. The van der Waals surface area contributed by atoms with Crippen molar-refractivity contribution in [3.63, 3.8) is 0 Å². The van der Waals surface area contributed by atoms with Crippen LogP contribution in [0.15, 0.2) is 28.7 Å². The molecule has 0 amide bonds. The topological polar surface area (TPSA) is 43.6 Å². The minimum Gasteiger partial charge on any atom is -0.222 e. The molecule has 4 nitrogen and oxygen atoms in total. The molecule has 0 saturated carbocycles. The number of benzene rings is 1. The maximum Gasteiger partial charge on any atom is 0.148 e. The molecule has 5 heteroatoms. The van der Waals surface area contributed by atoms with E-state index in [1.54, 1.807) is 0 Å². The van der Waals surface area contributed by atoms with Crippen molar-refractivity contribution in [3.8, 4) is 0 Å². The molecule has 1 unspecified atom stereocenters. The Morgan fingerprint density at radius 1 is 1.44 bits per heavy atom. The highest BCUT2D eigenvalue weighted by Crippen LogP contribution is 2.24. The molecule has 0 radical (unpaired) electrons. The summed E-state index contributed by atoms with van der Waals surface area (Å²) in [6, 6.07) is 8.45. The predicted octanol–water partition coefficient (Wildman–Crippen LogP) is 2.74. The van der Waals surface area contributed by atoms with Gasteiger partial charge >= 0.3 is 0 Å². The summed E-state index contributed by atoms with van der Waals surface area (Å²) in [5.41, 5.74) is 1.22. The summed E-state index contributed by atoms with van der Waals surface area (Å²) < 4.78 is 2.94. The van der Waals surface area contributed by atoms with Crippen LogP contribution in [0.2, 0.25) is 0 Å². The highest BCUT2D eigenvalue weighted by molar-refractivity contribution is 9.10. The van der Waals surface area contributed by atoms with Crippen molar-refractivity contribution in [1.29, 1.82) is 0 Å². The number of rotatable bonds is 3. The fourth-order valence-electron chi connectivity index (χ4n) is 1.79. The van der Waals surface area contributed by atoms with Gasteiger partial charge in [0, 0.05) is 4.47 Å². The van der Waals surface area contributed by atoms with Gasteiger partial charge in [0.15, 0.2) is 0 Å². The number of aryl methyl sites for hydroxylation is 1. The highest BCUT2D eigenvalue weighted by Gasteiger charge is 2.15. The average Bonchev–Trinajstić information content (AvgIpc) is 2.67. The molecule has 1 aromatic heterocycles. The van der Waals surface area contributed by atoms with E-state index >= 15 is 0 Å². The Balaban J connectivity index is 2.40. The van der Waals surface area contributed by atoms with Crippen LogP contribution in [-0.2, 0) is 0 Å². The number of hydrogen-bond acceptors (Lipinski definition) is 3. The lowest BCUT2D eigenvalue weighted by molar-refractivity contribution is 0.483. The molecule has 0 fully saturated rings. The van der Waals surface area contributed by atoms with Gasteiger partial charge in [0.2, 0.25) is 0 Å². The Morgan fingerprint density at radius 3 is 2.81 bits per heavy atom. The third-order valence-corrected chi connectivity index (χ3v) is 3.07. The fraction of sp³-hybridized carbons (Fsp3) is 0.364. The second-order valence-electron chi connectivity index (χ2n) is 3.65. The summed E-state index contributed by atoms with van der Waals surface area (Å²) in [6.07, 6.45) is 0.961. The van der Waals surface area contributed by atoms with Gasteiger partial charge in [0.1, 0.15) is 5.82 Å². The first-order valence-electron chi connectivity index (χ1n) is 5.22. The number of nitrogens with zero attached hydrogens (tertiary/aromatic N) is 4. The molecule has 1 heterocycles. The Morgan fingerprint density at radius 2 is 2.25 bits per heavy atom. The third-order valence-electron chi connectivity index (χ3n) is 2.57. The number of tetrazole rings is 1. The van der Waals surface area contributed by atoms with Gasteiger partial charge in [-0.2, -0.15) is 0 Å². The molecule has 2 aromatic rings. The van der Waals surface area contributed by atoms with Gasteiger partial charge in [0.25, 0.3) is 0 Å². The van der Waals surface area contributed by atoms with E-state index in [2.05, 4.69) is 50.5 Å². The highest BCUT2D eigenvalue weighted by atomic mass is 79.9. The first-order chi connectivity index (χ1) is 7.72. The van der Waals surface area contributed by atoms with Crippen molar-refractivity contribution >= 4 is 15.9 Å². The van der Waals surface area contributed by atoms with Gasteiger partial charge in [-0.1, -0.05) is 35.0 Å². The van der Waals surface area contributed by atoms with E-state index < -0.39 is 0 Å². The number of hydrogen-bond donors (Lipinski definition) is 0. The molecule has 0 N–H and O–H groups in total. The van der Waals surface area contributed by atoms with Gasteiger partial charge in [0.05, 0.1) is 6.04 Å². The van der Waals surface area contributed by atoms with Crippen molar-refractivity contribution in [2.45, 2.75) is 26.3 Å². The molecule has 0 aliphatic rings. The molecule has 0 saturated heterocycles. The summed E-state index contributed by atoms with van der Waals surface area (Å²) in [6.45, 7) is 4.05. The standard InChI is InChI=1S/C11H13BrN4/c1-3-11(16-8(2)13-14-15-16)9-5-4-6-10(12)7-9/h4-7,11H,3H2,1-2H3. The first kappa shape index (κ1) is 11.3. The van der Waals surface area contributed by atoms with Crippen LogP contribution in [0.1, 0.15) is 30.8 Å². The lowest BCUT2D eigenvalue weighted by atomic mass is 10.1. The van der Waals surface area contributed by atoms with Crippen LogP contribution >= 0.6 is 15.9 Å². The van der Waals surface area contributed by atoms with Crippen LogP contribution in [0.3, 0.4) is 0 Å². The van der Waals surface area contributed by atoms with Crippen molar-refractivity contribution in [2.75, 3.05) is 0 Å². The van der Waals surface area contributed by atoms with Gasteiger partial charge in [-0.3, -0.25) is 0 Å². The number of aromatic nitrogens is 4. The zero-order chi connectivity index (χ0) is 11.5. The quantitative estimate of drug-likeness (QED) is 0.868. The molecular formula is C11H13BrN4. The van der Waals surface area contributed by atoms with E-state index in [1.165, 1.54) is 5.56 Å². The largest absolute Gasteiger partial charge is 0.222 e. The lowest BCUT2D eigenvalue weighted by Gasteiger charge is -2.16. The van der Waals surface area contributed by atoms with Crippen LogP contribution in [0.25, 0.3) is 0 Å². The summed E-state index contributed by atoms with van der Waals surface area (Å²) in [7, 11) is 0. The summed E-state index contributed by atoms with van der Waals surface area (Å²) >= 11 is 3.48. The molecule has 0 bridgehead atoms. The van der Waals surface area contributed by atoms with Gasteiger partial charge in [-0.25, -0.2) is 4.68 Å². The van der Waals surface area contributed by atoms with E-state index in [0.29, 0.717) is 0 Å². The SMILES string of the molecule is CCC(c1cccc(Br)c1)n1nnnc1C. The molecule has 84 valence electrons. The maximum atomic E-state index is 4.03. The Hall–Kier alpha value is -1.23. The molecular weight excluding hydrogens is 268 g/mol. The Labute approximate surface area is 103 Å². The summed E-state index contributed by atoms with van der Waals surface area (Å²) in [5, 5.41) is 11.6. The maximum absolute atomic E-state index is 4.03. The van der Waals surface area contributed by atoms with Crippen LogP contribution in [0.4, 0.5) is 0 Å². The smallest absolute Gasteiger partial charge is 0.148 e. The normalized spacial score (nSPS) is 12.7. The van der Waals surface area contributed by atoms with Crippen molar-refractivity contribution in [3.05, 3.63) is 40.1 Å². The van der Waals surface area contributed by atoms with Gasteiger partial charge in [-0.05, 0) is 41.5 Å². The third kappa shape index (κ3) is 2.14. The minimum atomic E-state index is 0.201. The Kier molecular flexibility index (Phi) is 3.33. The van der Waals surface area contributed by atoms with Crippen molar-refractivity contribution < 1.29 is 0 Å². The monoisotopic (exact) mass is 280 g/mol. The second-order valence-corrected chi connectivity index (χ2v) is 4.57. The summed E-state index contributed by atoms with van der Waals surface area (Å²) in [5.74, 6) is 0.840. The predicted molar refractivity (Wildman–Crippen MR) is 65.1 cm³/mol. The molecule has 0 aliphatic carbocycles.